The number of rotatable bonds is 2. The number of fused-ring (bicyclic) bond motifs is 1. The van der Waals surface area contributed by atoms with Gasteiger partial charge in [-0.25, -0.2) is 0 Å². The molecule has 14 heavy (non-hydrogen) atoms. The Morgan fingerprint density at radius 3 is 3.14 bits per heavy atom. The standard InChI is InChI=1S/C12H17NO/c1-13-8-9-4-2-6-11-10(9)5-3-7-12(11)14/h3,5,7,9,13-14H,2,4,6,8H2,1H3/t9-/m0/s1. The zero-order valence-corrected chi connectivity index (χ0v) is 8.59. The molecule has 2 N–H and O–H groups in total. The molecule has 1 aliphatic carbocycles. The molecule has 0 aromatic heterocycles. The molecule has 1 aliphatic rings. The van der Waals surface area contributed by atoms with E-state index in [1.807, 2.05) is 13.1 Å². The highest BCUT2D eigenvalue weighted by Crippen LogP contribution is 2.35. The molecule has 1 atom stereocenters. The Kier molecular flexibility index (Phi) is 2.73. The van der Waals surface area contributed by atoms with E-state index in [4.69, 9.17) is 0 Å². The Balaban J connectivity index is 2.34. The van der Waals surface area contributed by atoms with Crippen molar-refractivity contribution in [3.05, 3.63) is 29.3 Å². The number of hydrogen-bond donors (Lipinski definition) is 2. The van der Waals surface area contributed by atoms with Crippen LogP contribution in [-0.2, 0) is 6.42 Å². The first-order valence-electron chi connectivity index (χ1n) is 5.28. The van der Waals surface area contributed by atoms with Gasteiger partial charge in [0.25, 0.3) is 0 Å². The summed E-state index contributed by atoms with van der Waals surface area (Å²) < 4.78 is 0. The lowest BCUT2D eigenvalue weighted by Crippen LogP contribution is -2.21. The Bertz CT molecular complexity index is 322. The average Bonchev–Trinajstić information content (AvgIpc) is 2.20. The van der Waals surface area contributed by atoms with Gasteiger partial charge in [-0.3, -0.25) is 0 Å². The van der Waals surface area contributed by atoms with E-state index in [9.17, 15) is 5.11 Å². The average molecular weight is 191 g/mol. The number of aromatic hydroxyl groups is 1. The van der Waals surface area contributed by atoms with Gasteiger partial charge >= 0.3 is 0 Å². The van der Waals surface area contributed by atoms with Crippen molar-refractivity contribution in [3.63, 3.8) is 0 Å². The van der Waals surface area contributed by atoms with Crippen molar-refractivity contribution >= 4 is 0 Å². The van der Waals surface area contributed by atoms with Crippen molar-refractivity contribution in [1.29, 1.82) is 0 Å². The smallest absolute Gasteiger partial charge is 0.119 e. The molecule has 2 nitrogen and oxygen atoms in total. The third-order valence-corrected chi connectivity index (χ3v) is 3.06. The second kappa shape index (κ2) is 4.01. The van der Waals surface area contributed by atoms with Gasteiger partial charge in [0, 0.05) is 6.54 Å². The number of phenols is 1. The van der Waals surface area contributed by atoms with E-state index < -0.39 is 0 Å². The minimum atomic E-state index is 0.475. The number of nitrogens with one attached hydrogen (secondary N) is 1. The van der Waals surface area contributed by atoms with Gasteiger partial charge in [0.05, 0.1) is 0 Å². The first kappa shape index (κ1) is 9.53. The summed E-state index contributed by atoms with van der Waals surface area (Å²) in [7, 11) is 1.98. The third kappa shape index (κ3) is 1.62. The zero-order valence-electron chi connectivity index (χ0n) is 8.59. The molecule has 0 fully saturated rings. The van der Waals surface area contributed by atoms with Crippen molar-refractivity contribution in [2.75, 3.05) is 13.6 Å². The number of benzene rings is 1. The molecule has 0 saturated heterocycles. The Hall–Kier alpha value is -1.02. The fraction of sp³-hybridized carbons (Fsp3) is 0.500. The first-order chi connectivity index (χ1) is 6.83. The molecule has 2 heteroatoms. The van der Waals surface area contributed by atoms with Crippen LogP contribution < -0.4 is 5.32 Å². The normalized spacial score (nSPS) is 20.5. The Morgan fingerprint density at radius 1 is 1.50 bits per heavy atom. The molecule has 0 saturated carbocycles. The second-order valence-electron chi connectivity index (χ2n) is 3.99. The van der Waals surface area contributed by atoms with E-state index in [1.165, 1.54) is 24.0 Å². The predicted octanol–water partition coefficient (Wildman–Crippen LogP) is 2.03. The van der Waals surface area contributed by atoms with E-state index in [1.54, 1.807) is 6.07 Å². The van der Waals surface area contributed by atoms with Gasteiger partial charge < -0.3 is 10.4 Å². The van der Waals surface area contributed by atoms with Crippen molar-refractivity contribution in [1.82, 2.24) is 5.32 Å². The van der Waals surface area contributed by atoms with Crippen LogP contribution in [0, 0.1) is 0 Å². The molecule has 0 unspecified atom stereocenters. The lowest BCUT2D eigenvalue weighted by atomic mass is 9.82. The first-order valence-corrected chi connectivity index (χ1v) is 5.28. The SMILES string of the molecule is CNC[C@@H]1CCCc2c(O)cccc21. The fourth-order valence-electron chi connectivity index (χ4n) is 2.39. The van der Waals surface area contributed by atoms with Crippen LogP contribution in [0.1, 0.15) is 29.9 Å². The van der Waals surface area contributed by atoms with Gasteiger partial charge in [-0.05, 0) is 49.4 Å². The monoisotopic (exact) mass is 191 g/mol. The molecule has 0 bridgehead atoms. The molecule has 1 aromatic rings. The molecule has 2 rings (SSSR count). The van der Waals surface area contributed by atoms with Crippen molar-refractivity contribution < 1.29 is 5.11 Å². The van der Waals surface area contributed by atoms with Crippen LogP contribution in [0.2, 0.25) is 0 Å². The topological polar surface area (TPSA) is 32.3 Å². The second-order valence-corrected chi connectivity index (χ2v) is 3.99. The molecular weight excluding hydrogens is 174 g/mol. The Morgan fingerprint density at radius 2 is 2.36 bits per heavy atom. The van der Waals surface area contributed by atoms with Gasteiger partial charge in [-0.15, -0.1) is 0 Å². The van der Waals surface area contributed by atoms with Crippen molar-refractivity contribution in [2.24, 2.45) is 0 Å². The fourth-order valence-corrected chi connectivity index (χ4v) is 2.39. The zero-order chi connectivity index (χ0) is 9.97. The summed E-state index contributed by atoms with van der Waals surface area (Å²) in [5, 5.41) is 12.9. The lowest BCUT2D eigenvalue weighted by molar-refractivity contribution is 0.451. The summed E-state index contributed by atoms with van der Waals surface area (Å²) in [6.45, 7) is 1.01. The summed E-state index contributed by atoms with van der Waals surface area (Å²) in [5.41, 5.74) is 2.50. The van der Waals surface area contributed by atoms with Crippen molar-refractivity contribution in [3.8, 4) is 5.75 Å². The number of hydrogen-bond acceptors (Lipinski definition) is 2. The quantitative estimate of drug-likeness (QED) is 0.749. The molecule has 0 aliphatic heterocycles. The number of phenolic OH excluding ortho intramolecular Hbond substituents is 1. The van der Waals surface area contributed by atoms with Crippen LogP contribution in [0.4, 0.5) is 0 Å². The summed E-state index contributed by atoms with van der Waals surface area (Å²) in [4.78, 5) is 0. The Labute approximate surface area is 85.0 Å². The summed E-state index contributed by atoms with van der Waals surface area (Å²) in [6, 6.07) is 5.89. The molecule has 76 valence electrons. The third-order valence-electron chi connectivity index (χ3n) is 3.06. The van der Waals surface area contributed by atoms with Crippen LogP contribution >= 0.6 is 0 Å². The van der Waals surface area contributed by atoms with Gasteiger partial charge in [-0.1, -0.05) is 12.1 Å². The lowest BCUT2D eigenvalue weighted by Gasteiger charge is -2.25. The van der Waals surface area contributed by atoms with Gasteiger partial charge in [0.2, 0.25) is 0 Å². The molecule has 1 aromatic carbocycles. The number of likely N-dealkylation sites (N-methyl/N-ethyl adjacent to an activating group) is 1. The highest BCUT2D eigenvalue weighted by atomic mass is 16.3. The van der Waals surface area contributed by atoms with Crippen LogP contribution in [0.25, 0.3) is 0 Å². The minimum absolute atomic E-state index is 0.475. The molecular formula is C12H17NO. The minimum Gasteiger partial charge on any atom is -0.508 e. The highest BCUT2D eigenvalue weighted by Gasteiger charge is 2.21. The van der Waals surface area contributed by atoms with E-state index in [2.05, 4.69) is 11.4 Å². The summed E-state index contributed by atoms with van der Waals surface area (Å²) in [6.07, 6.45) is 3.45. The van der Waals surface area contributed by atoms with Crippen LogP contribution in [0.5, 0.6) is 5.75 Å². The largest absolute Gasteiger partial charge is 0.508 e. The van der Waals surface area contributed by atoms with Crippen molar-refractivity contribution in [2.45, 2.75) is 25.2 Å². The van der Waals surface area contributed by atoms with E-state index in [-0.39, 0.29) is 0 Å². The van der Waals surface area contributed by atoms with Gasteiger partial charge in [-0.2, -0.15) is 0 Å². The van der Waals surface area contributed by atoms with Crippen LogP contribution in [0.3, 0.4) is 0 Å². The van der Waals surface area contributed by atoms with Gasteiger partial charge in [0.15, 0.2) is 0 Å². The van der Waals surface area contributed by atoms with Crippen LogP contribution in [-0.4, -0.2) is 18.7 Å². The van der Waals surface area contributed by atoms with E-state index in [0.29, 0.717) is 11.7 Å². The van der Waals surface area contributed by atoms with E-state index in [0.717, 1.165) is 13.0 Å². The van der Waals surface area contributed by atoms with Crippen LogP contribution in [0.15, 0.2) is 18.2 Å². The molecule has 0 radical (unpaired) electrons. The molecule has 0 amide bonds. The molecule has 0 heterocycles. The summed E-state index contributed by atoms with van der Waals surface area (Å²) in [5.74, 6) is 1.05. The van der Waals surface area contributed by atoms with E-state index >= 15 is 0 Å². The predicted molar refractivity (Wildman–Crippen MR) is 57.7 cm³/mol. The maximum Gasteiger partial charge on any atom is 0.119 e. The summed E-state index contributed by atoms with van der Waals surface area (Å²) >= 11 is 0. The molecule has 0 spiro atoms. The van der Waals surface area contributed by atoms with Gasteiger partial charge in [0.1, 0.15) is 5.75 Å². The highest BCUT2D eigenvalue weighted by molar-refractivity contribution is 5.42. The maximum atomic E-state index is 9.72. The maximum absolute atomic E-state index is 9.72.